The van der Waals surface area contributed by atoms with Gasteiger partial charge in [0.1, 0.15) is 23.7 Å². The lowest BCUT2D eigenvalue weighted by molar-refractivity contribution is -0.147. The lowest BCUT2D eigenvalue weighted by Gasteiger charge is -2.48. The van der Waals surface area contributed by atoms with E-state index in [0.29, 0.717) is 11.3 Å². The molecule has 1 aromatic heterocycles. The summed E-state index contributed by atoms with van der Waals surface area (Å²) in [6.45, 7) is 3.22. The van der Waals surface area contributed by atoms with E-state index in [1.807, 2.05) is 0 Å². The largest absolute Gasteiger partial charge is 0.477 e. The summed E-state index contributed by atoms with van der Waals surface area (Å²) in [5.74, 6) is -2.37. The number of nitrogens with zero attached hydrogens (tertiary/aromatic N) is 6. The fourth-order valence-electron chi connectivity index (χ4n) is 2.69. The van der Waals surface area contributed by atoms with Crippen molar-refractivity contribution < 1.29 is 29.4 Å². The first kappa shape index (κ1) is 21.8. The first-order valence-electron chi connectivity index (χ1n) is 8.42. The van der Waals surface area contributed by atoms with Crippen LogP contribution in [0.4, 0.5) is 0 Å². The van der Waals surface area contributed by atoms with Crippen LogP contribution in [0.15, 0.2) is 34.2 Å². The summed E-state index contributed by atoms with van der Waals surface area (Å²) >= 11 is 2.50. The molecule has 2 aliphatic rings. The molecule has 3 heterocycles. The molecular weight excluding hydrogens is 438 g/mol. The van der Waals surface area contributed by atoms with Gasteiger partial charge < -0.3 is 20.8 Å². The second-order valence-electron chi connectivity index (χ2n) is 6.03. The average molecular weight is 455 g/mol. The molecule has 0 aromatic carbocycles. The molecule has 1 fully saturated rings. The summed E-state index contributed by atoms with van der Waals surface area (Å²) in [6.07, 6.45) is 1.41. The standard InChI is InChI=1S/C15H17N7O6S2/c1-2-3-28-18-8(13(24)25)4-21-15(17-19-20-21)30-6-7-5-29-12-9(16)11(23)22(12)10(7)14(26)27/h2,9,12H,1,3-6,16H2,(H,24,25)(H,26,27)/t9?,12-/m1/s1. The fraction of sp³-hybridized carbons (Fsp3) is 0.400. The number of carboxylic acids is 2. The number of amides is 1. The van der Waals surface area contributed by atoms with E-state index in [1.165, 1.54) is 27.4 Å². The third kappa shape index (κ3) is 4.31. The number of aliphatic carboxylic acids is 2. The van der Waals surface area contributed by atoms with Gasteiger partial charge in [0.15, 0.2) is 5.71 Å². The molecular formula is C15H17N7O6S2. The quantitative estimate of drug-likeness (QED) is 0.0976. The van der Waals surface area contributed by atoms with Crippen LogP contribution < -0.4 is 5.73 Å². The Bertz CT molecular complexity index is 946. The number of hydrogen-bond donors (Lipinski definition) is 3. The van der Waals surface area contributed by atoms with Gasteiger partial charge in [-0.05, 0) is 16.0 Å². The van der Waals surface area contributed by atoms with Crippen molar-refractivity contribution in [2.45, 2.75) is 23.1 Å². The van der Waals surface area contributed by atoms with Crippen LogP contribution in [0.3, 0.4) is 0 Å². The van der Waals surface area contributed by atoms with Gasteiger partial charge in [0, 0.05) is 11.5 Å². The minimum Gasteiger partial charge on any atom is -0.477 e. The lowest BCUT2D eigenvalue weighted by atomic mass is 10.0. The Hall–Kier alpha value is -2.91. The van der Waals surface area contributed by atoms with Gasteiger partial charge >= 0.3 is 11.9 Å². The Morgan fingerprint density at radius 3 is 2.90 bits per heavy atom. The predicted octanol–water partition coefficient (Wildman–Crippen LogP) is -1.01. The third-order valence-electron chi connectivity index (χ3n) is 4.08. The second kappa shape index (κ2) is 9.27. The lowest BCUT2D eigenvalue weighted by Crippen LogP contribution is -2.68. The van der Waals surface area contributed by atoms with Crippen molar-refractivity contribution >= 4 is 47.1 Å². The molecule has 2 atom stereocenters. The second-order valence-corrected chi connectivity index (χ2v) is 8.08. The van der Waals surface area contributed by atoms with Gasteiger partial charge in [-0.2, -0.15) is 0 Å². The highest BCUT2D eigenvalue weighted by atomic mass is 32.2. The molecule has 160 valence electrons. The summed E-state index contributed by atoms with van der Waals surface area (Å²) in [4.78, 5) is 41.1. The summed E-state index contributed by atoms with van der Waals surface area (Å²) in [5, 5.41) is 33.3. The Morgan fingerprint density at radius 2 is 2.23 bits per heavy atom. The minimum absolute atomic E-state index is 0.0393. The van der Waals surface area contributed by atoms with Crippen molar-refractivity contribution in [3.63, 3.8) is 0 Å². The van der Waals surface area contributed by atoms with Crippen LogP contribution in [0.1, 0.15) is 0 Å². The van der Waals surface area contributed by atoms with E-state index in [2.05, 4.69) is 27.3 Å². The van der Waals surface area contributed by atoms with Crippen molar-refractivity contribution in [1.29, 1.82) is 0 Å². The van der Waals surface area contributed by atoms with Crippen molar-refractivity contribution in [3.05, 3.63) is 23.9 Å². The Morgan fingerprint density at radius 1 is 1.47 bits per heavy atom. The van der Waals surface area contributed by atoms with E-state index in [0.717, 1.165) is 11.8 Å². The molecule has 4 N–H and O–H groups in total. The van der Waals surface area contributed by atoms with Gasteiger partial charge in [-0.3, -0.25) is 9.69 Å². The number of tetrazole rings is 1. The summed E-state index contributed by atoms with van der Waals surface area (Å²) in [7, 11) is 0. The monoisotopic (exact) mass is 455 g/mol. The fourth-order valence-corrected chi connectivity index (χ4v) is 5.00. The van der Waals surface area contributed by atoms with Crippen LogP contribution in [0.25, 0.3) is 0 Å². The van der Waals surface area contributed by atoms with Crippen LogP contribution in [0, 0.1) is 0 Å². The number of oxime groups is 1. The number of aromatic nitrogens is 4. The highest BCUT2D eigenvalue weighted by Crippen LogP contribution is 2.40. The molecule has 15 heteroatoms. The number of nitrogens with two attached hydrogens (primary N) is 1. The molecule has 0 bridgehead atoms. The van der Waals surface area contributed by atoms with Crippen LogP contribution >= 0.6 is 23.5 Å². The van der Waals surface area contributed by atoms with Gasteiger partial charge in [-0.1, -0.05) is 29.6 Å². The van der Waals surface area contributed by atoms with Crippen molar-refractivity contribution in [1.82, 2.24) is 25.1 Å². The van der Waals surface area contributed by atoms with Crippen LogP contribution in [0.2, 0.25) is 0 Å². The Balaban J connectivity index is 1.74. The van der Waals surface area contributed by atoms with E-state index >= 15 is 0 Å². The van der Waals surface area contributed by atoms with Gasteiger partial charge in [0.25, 0.3) is 0 Å². The van der Waals surface area contributed by atoms with Gasteiger partial charge in [-0.25, -0.2) is 14.3 Å². The molecule has 2 aliphatic heterocycles. The van der Waals surface area contributed by atoms with E-state index < -0.39 is 23.9 Å². The average Bonchev–Trinajstić information content (AvgIpc) is 3.16. The first-order valence-corrected chi connectivity index (χ1v) is 10.5. The van der Waals surface area contributed by atoms with Gasteiger partial charge in [-0.15, -0.1) is 16.9 Å². The van der Waals surface area contributed by atoms with Crippen molar-refractivity contribution in [3.8, 4) is 0 Å². The number of β-lactam (4-membered cyclic amide) rings is 1. The van der Waals surface area contributed by atoms with E-state index in [4.69, 9.17) is 10.6 Å². The smallest absolute Gasteiger partial charge is 0.355 e. The summed E-state index contributed by atoms with van der Waals surface area (Å²) in [5.41, 5.74) is 5.84. The zero-order valence-corrected chi connectivity index (χ0v) is 17.0. The SMILES string of the molecule is C=CCON=C(Cn1nnnc1SCC1=C(C(=O)O)N2C(=O)C(N)[C@H]2SC1)C(=O)O. The Kier molecular flexibility index (Phi) is 6.73. The number of rotatable bonds is 10. The molecule has 1 amide bonds. The van der Waals surface area contributed by atoms with Crippen LogP contribution in [-0.4, -0.2) is 88.4 Å². The molecule has 0 radical (unpaired) electrons. The highest BCUT2D eigenvalue weighted by molar-refractivity contribution is 8.01. The summed E-state index contributed by atoms with van der Waals surface area (Å²) < 4.78 is 1.21. The number of hydrogen-bond acceptors (Lipinski definition) is 11. The highest BCUT2D eigenvalue weighted by Gasteiger charge is 2.51. The maximum atomic E-state index is 12.0. The zero-order valence-electron chi connectivity index (χ0n) is 15.4. The minimum atomic E-state index is -1.30. The van der Waals surface area contributed by atoms with Gasteiger partial charge in [0.05, 0.1) is 6.54 Å². The van der Waals surface area contributed by atoms with Crippen molar-refractivity contribution in [2.24, 2.45) is 10.9 Å². The van der Waals surface area contributed by atoms with E-state index in [-0.39, 0.29) is 40.8 Å². The Labute approximate surface area is 178 Å². The van der Waals surface area contributed by atoms with Crippen molar-refractivity contribution in [2.75, 3.05) is 18.1 Å². The predicted molar refractivity (Wildman–Crippen MR) is 105 cm³/mol. The number of fused-ring (bicyclic) bond motifs is 1. The zero-order chi connectivity index (χ0) is 21.8. The molecule has 1 unspecified atom stereocenters. The maximum absolute atomic E-state index is 12.0. The summed E-state index contributed by atoms with van der Waals surface area (Å²) in [6, 6.07) is -0.706. The van der Waals surface area contributed by atoms with Crippen LogP contribution in [0.5, 0.6) is 0 Å². The third-order valence-corrected chi connectivity index (χ3v) is 6.48. The van der Waals surface area contributed by atoms with Crippen LogP contribution in [-0.2, 0) is 25.8 Å². The number of thioether (sulfide) groups is 2. The van der Waals surface area contributed by atoms with E-state index in [9.17, 15) is 24.6 Å². The number of carbonyl (C=O) groups excluding carboxylic acids is 1. The van der Waals surface area contributed by atoms with E-state index in [1.54, 1.807) is 0 Å². The molecule has 1 aromatic rings. The first-order chi connectivity index (χ1) is 14.3. The molecule has 30 heavy (non-hydrogen) atoms. The topological polar surface area (TPSA) is 186 Å². The number of carboxylic acid groups (broad SMARTS) is 2. The molecule has 3 rings (SSSR count). The van der Waals surface area contributed by atoms with Gasteiger partial charge in [0.2, 0.25) is 11.1 Å². The molecule has 0 spiro atoms. The molecule has 13 nitrogen and oxygen atoms in total. The maximum Gasteiger partial charge on any atom is 0.355 e. The number of carbonyl (C=O) groups is 3. The molecule has 1 saturated heterocycles. The normalized spacial score (nSPS) is 21.2. The molecule has 0 aliphatic carbocycles. The molecule has 0 saturated carbocycles.